The zero-order chi connectivity index (χ0) is 17.1. The predicted molar refractivity (Wildman–Crippen MR) is 82.2 cm³/mol. The van der Waals surface area contributed by atoms with E-state index in [4.69, 9.17) is 11.0 Å². The molecule has 0 spiro atoms. The lowest BCUT2D eigenvalue weighted by Gasteiger charge is -2.17. The van der Waals surface area contributed by atoms with Gasteiger partial charge >= 0.3 is 6.03 Å². The van der Waals surface area contributed by atoms with Gasteiger partial charge in [0.25, 0.3) is 0 Å². The van der Waals surface area contributed by atoms with E-state index in [-0.39, 0.29) is 12.5 Å². The van der Waals surface area contributed by atoms with Crippen LogP contribution >= 0.6 is 0 Å². The van der Waals surface area contributed by atoms with Crippen molar-refractivity contribution in [2.24, 2.45) is 5.73 Å². The molecule has 0 aliphatic heterocycles. The highest BCUT2D eigenvalue weighted by atomic mass is 19.1. The molecule has 3 amide bonds. The van der Waals surface area contributed by atoms with Crippen molar-refractivity contribution in [2.75, 3.05) is 18.7 Å². The largest absolute Gasteiger partial charge is 0.352 e. The fourth-order valence-electron chi connectivity index (χ4n) is 1.92. The number of nitrogens with two attached hydrogens (primary N) is 1. The Kier molecular flexibility index (Phi) is 8.58. The molecule has 0 aliphatic rings. The van der Waals surface area contributed by atoms with Gasteiger partial charge in [-0.2, -0.15) is 0 Å². The van der Waals surface area contributed by atoms with Crippen LogP contribution in [-0.4, -0.2) is 36.6 Å². The Hall–Kier alpha value is -2.23. The molecule has 0 aromatic heterocycles. The SMILES string of the molecule is NC(=O)NCCC[C@H](NCF)C(=O)Nc1ccc(COO)cc1. The molecular formula is C14H21FN4O4. The number of alkyl halides is 1. The van der Waals surface area contributed by atoms with E-state index in [1.165, 1.54) is 0 Å². The second-order valence-corrected chi connectivity index (χ2v) is 4.78. The number of amides is 3. The van der Waals surface area contributed by atoms with Crippen LogP contribution in [0.25, 0.3) is 0 Å². The van der Waals surface area contributed by atoms with E-state index in [1.807, 2.05) is 0 Å². The summed E-state index contributed by atoms with van der Waals surface area (Å²) in [6.07, 6.45) is 0.813. The van der Waals surface area contributed by atoms with Crippen molar-refractivity contribution >= 4 is 17.6 Å². The molecule has 0 bridgehead atoms. The number of anilines is 1. The van der Waals surface area contributed by atoms with Crippen molar-refractivity contribution < 1.29 is 24.1 Å². The molecule has 0 aliphatic carbocycles. The van der Waals surface area contributed by atoms with E-state index in [1.54, 1.807) is 24.3 Å². The number of halogens is 1. The Morgan fingerprint density at radius 1 is 1.30 bits per heavy atom. The second-order valence-electron chi connectivity index (χ2n) is 4.78. The third-order valence-electron chi connectivity index (χ3n) is 3.06. The first-order chi connectivity index (χ1) is 11.1. The minimum atomic E-state index is -0.839. The van der Waals surface area contributed by atoms with Crippen LogP contribution in [0.15, 0.2) is 24.3 Å². The van der Waals surface area contributed by atoms with Gasteiger partial charge in [0.1, 0.15) is 13.4 Å². The van der Waals surface area contributed by atoms with E-state index < -0.39 is 18.9 Å². The maximum absolute atomic E-state index is 12.5. The number of urea groups is 1. The molecule has 6 N–H and O–H groups in total. The fraction of sp³-hybridized carbons (Fsp3) is 0.429. The van der Waals surface area contributed by atoms with Gasteiger partial charge in [0.05, 0.1) is 6.04 Å². The lowest BCUT2D eigenvalue weighted by Crippen LogP contribution is -2.41. The van der Waals surface area contributed by atoms with Gasteiger partial charge in [0, 0.05) is 12.2 Å². The van der Waals surface area contributed by atoms with Crippen LogP contribution in [0.5, 0.6) is 0 Å². The molecule has 1 atom stereocenters. The molecule has 0 fully saturated rings. The van der Waals surface area contributed by atoms with Gasteiger partial charge in [-0.25, -0.2) is 14.1 Å². The Morgan fingerprint density at radius 2 is 2.00 bits per heavy atom. The van der Waals surface area contributed by atoms with Crippen molar-refractivity contribution in [1.29, 1.82) is 0 Å². The van der Waals surface area contributed by atoms with Crippen LogP contribution in [0.4, 0.5) is 14.9 Å². The Labute approximate surface area is 133 Å². The number of carbonyl (C=O) groups excluding carboxylic acids is 2. The van der Waals surface area contributed by atoms with Gasteiger partial charge in [-0.1, -0.05) is 12.1 Å². The normalized spacial score (nSPS) is 11.7. The number of rotatable bonds is 10. The van der Waals surface area contributed by atoms with Crippen molar-refractivity contribution in [3.8, 4) is 0 Å². The molecule has 1 rings (SSSR count). The Balaban J connectivity index is 2.50. The molecule has 0 heterocycles. The second kappa shape index (κ2) is 10.5. The van der Waals surface area contributed by atoms with Crippen molar-refractivity contribution in [3.63, 3.8) is 0 Å². The highest BCUT2D eigenvalue weighted by molar-refractivity contribution is 5.94. The number of hydrogen-bond donors (Lipinski definition) is 5. The summed E-state index contributed by atoms with van der Waals surface area (Å²) in [6, 6.07) is 5.29. The molecule has 8 nitrogen and oxygen atoms in total. The van der Waals surface area contributed by atoms with Gasteiger partial charge in [0.2, 0.25) is 5.91 Å². The predicted octanol–water partition coefficient (Wildman–Crippen LogP) is 0.948. The summed E-state index contributed by atoms with van der Waals surface area (Å²) in [5, 5.41) is 15.9. The quantitative estimate of drug-likeness (QED) is 0.189. The van der Waals surface area contributed by atoms with E-state index in [0.29, 0.717) is 25.1 Å². The molecule has 128 valence electrons. The van der Waals surface area contributed by atoms with Crippen molar-refractivity contribution in [2.45, 2.75) is 25.5 Å². The van der Waals surface area contributed by atoms with E-state index >= 15 is 0 Å². The monoisotopic (exact) mass is 328 g/mol. The van der Waals surface area contributed by atoms with E-state index in [9.17, 15) is 14.0 Å². The maximum atomic E-state index is 12.5. The maximum Gasteiger partial charge on any atom is 0.312 e. The minimum Gasteiger partial charge on any atom is -0.352 e. The van der Waals surface area contributed by atoms with Gasteiger partial charge in [0.15, 0.2) is 0 Å². The average molecular weight is 328 g/mol. The summed E-state index contributed by atoms with van der Waals surface area (Å²) in [5.74, 6) is -0.382. The van der Waals surface area contributed by atoms with Gasteiger partial charge in [-0.15, -0.1) is 0 Å². The highest BCUT2D eigenvalue weighted by Crippen LogP contribution is 2.11. The Morgan fingerprint density at radius 3 is 2.57 bits per heavy atom. The molecule has 9 heteroatoms. The van der Waals surface area contributed by atoms with Crippen LogP contribution in [-0.2, 0) is 16.3 Å². The van der Waals surface area contributed by atoms with Crippen LogP contribution in [0.1, 0.15) is 18.4 Å². The average Bonchev–Trinajstić information content (AvgIpc) is 2.52. The fourth-order valence-corrected chi connectivity index (χ4v) is 1.92. The van der Waals surface area contributed by atoms with Crippen LogP contribution in [0.3, 0.4) is 0 Å². The van der Waals surface area contributed by atoms with E-state index in [0.717, 1.165) is 5.56 Å². The first kappa shape index (κ1) is 18.8. The van der Waals surface area contributed by atoms with Gasteiger partial charge in [-0.05, 0) is 30.5 Å². The van der Waals surface area contributed by atoms with Crippen LogP contribution in [0.2, 0.25) is 0 Å². The molecule has 0 radical (unpaired) electrons. The summed E-state index contributed by atoms with van der Waals surface area (Å²) in [7, 11) is 0. The number of primary amides is 1. The molecule has 0 saturated heterocycles. The standard InChI is InChI=1S/C14H21FN4O4/c15-9-18-12(2-1-7-17-14(16)21)13(20)19-11-5-3-10(4-6-11)8-23-22/h3-6,12,18,22H,1-2,7-9H2,(H,19,20)(H3,16,17,21)/t12-/m0/s1. The molecular weight excluding hydrogens is 307 g/mol. The molecule has 23 heavy (non-hydrogen) atoms. The molecule has 0 unspecified atom stereocenters. The lowest BCUT2D eigenvalue weighted by molar-refractivity contribution is -0.253. The smallest absolute Gasteiger partial charge is 0.312 e. The van der Waals surface area contributed by atoms with Crippen molar-refractivity contribution in [3.05, 3.63) is 29.8 Å². The number of nitrogens with one attached hydrogen (secondary N) is 3. The molecule has 1 aromatic carbocycles. The third kappa shape index (κ3) is 7.54. The lowest BCUT2D eigenvalue weighted by atomic mass is 10.1. The molecule has 0 saturated carbocycles. The number of benzene rings is 1. The number of carbonyl (C=O) groups is 2. The first-order valence-corrected chi connectivity index (χ1v) is 7.05. The van der Waals surface area contributed by atoms with Gasteiger partial charge < -0.3 is 16.4 Å². The number of hydrogen-bond acceptors (Lipinski definition) is 5. The van der Waals surface area contributed by atoms with Crippen LogP contribution in [0, 0.1) is 0 Å². The van der Waals surface area contributed by atoms with Crippen molar-refractivity contribution in [1.82, 2.24) is 10.6 Å². The summed E-state index contributed by atoms with van der Waals surface area (Å²) >= 11 is 0. The summed E-state index contributed by atoms with van der Waals surface area (Å²) in [6.45, 7) is -0.482. The zero-order valence-corrected chi connectivity index (χ0v) is 12.5. The Bertz CT molecular complexity index is 498. The first-order valence-electron chi connectivity index (χ1n) is 7.05. The highest BCUT2D eigenvalue weighted by Gasteiger charge is 2.17. The minimum absolute atomic E-state index is 0.0487. The summed E-state index contributed by atoms with van der Waals surface area (Å²) in [4.78, 5) is 26.7. The van der Waals surface area contributed by atoms with Crippen LogP contribution < -0.4 is 21.7 Å². The zero-order valence-electron chi connectivity index (χ0n) is 12.5. The van der Waals surface area contributed by atoms with E-state index in [2.05, 4.69) is 20.8 Å². The third-order valence-corrected chi connectivity index (χ3v) is 3.06. The summed E-state index contributed by atoms with van der Waals surface area (Å²) < 4.78 is 12.5. The topological polar surface area (TPSA) is 126 Å². The van der Waals surface area contributed by atoms with Gasteiger partial charge in [-0.3, -0.25) is 15.4 Å². The molecule has 1 aromatic rings. The summed E-state index contributed by atoms with van der Waals surface area (Å²) in [5.41, 5.74) is 6.21.